The summed E-state index contributed by atoms with van der Waals surface area (Å²) in [5.74, 6) is -0.508. The van der Waals surface area contributed by atoms with Crippen LogP contribution in [0.15, 0.2) is 30.9 Å². The smallest absolute Gasteiger partial charge is 0.275 e. The summed E-state index contributed by atoms with van der Waals surface area (Å²) in [6.07, 6.45) is 7.38. The predicted octanol–water partition coefficient (Wildman–Crippen LogP) is 2.45. The summed E-state index contributed by atoms with van der Waals surface area (Å²) in [6, 6.07) is 1.54. The zero-order chi connectivity index (χ0) is 21.7. The minimum absolute atomic E-state index is 0.0914. The molecule has 8 nitrogen and oxygen atoms in total. The first kappa shape index (κ1) is 19.8. The Kier molecular flexibility index (Phi) is 4.81. The minimum atomic E-state index is -0.952. The van der Waals surface area contributed by atoms with Crippen LogP contribution in [0.4, 0.5) is 20.3 Å². The minimum Gasteiger partial charge on any atom is -0.351 e. The van der Waals surface area contributed by atoms with Crippen LogP contribution in [0, 0.1) is 12.7 Å². The van der Waals surface area contributed by atoms with Gasteiger partial charge in [0.2, 0.25) is 0 Å². The second-order valence-electron chi connectivity index (χ2n) is 8.29. The molecule has 5 rings (SSSR count). The van der Waals surface area contributed by atoms with Crippen molar-refractivity contribution in [1.29, 1.82) is 0 Å². The first-order valence-corrected chi connectivity index (χ1v) is 10.3. The van der Waals surface area contributed by atoms with Crippen LogP contribution in [0.2, 0.25) is 0 Å². The van der Waals surface area contributed by atoms with E-state index in [1.807, 2.05) is 11.9 Å². The third kappa shape index (κ3) is 3.83. The fourth-order valence-corrected chi connectivity index (χ4v) is 4.12. The fourth-order valence-electron chi connectivity index (χ4n) is 4.12. The van der Waals surface area contributed by atoms with E-state index in [-0.39, 0.29) is 29.6 Å². The molecule has 1 aliphatic heterocycles. The number of nitrogens with one attached hydrogen (secondary N) is 1. The molecule has 3 aromatic heterocycles. The molecule has 10 heteroatoms. The largest absolute Gasteiger partial charge is 0.351 e. The van der Waals surface area contributed by atoms with E-state index in [1.54, 1.807) is 19.3 Å². The highest BCUT2D eigenvalue weighted by Gasteiger charge is 2.41. The van der Waals surface area contributed by atoms with Gasteiger partial charge in [-0.25, -0.2) is 23.7 Å². The lowest BCUT2D eigenvalue weighted by atomic mass is 10.2. The number of aromatic nitrogens is 4. The van der Waals surface area contributed by atoms with E-state index in [4.69, 9.17) is 0 Å². The number of anilines is 2. The van der Waals surface area contributed by atoms with Gasteiger partial charge in [-0.3, -0.25) is 9.69 Å². The molecule has 0 unspecified atom stereocenters. The van der Waals surface area contributed by atoms with Crippen LogP contribution in [-0.2, 0) is 0 Å². The molecule has 0 aromatic carbocycles. The standard InChI is InChI=1S/C21H23F2N7O/c1-12-8-30-9-13(5-15(22)20(30)26-12)27-21(31)17-6-25-19(7-24-17)29-10-16(23)18(11-29)28(2)14-3-4-14/h5-9,14,16,18H,3-4,10-11H2,1-2H3,(H,27,31)/t16-,18+/m1/s1. The number of amides is 1. The van der Waals surface area contributed by atoms with Gasteiger partial charge in [0.15, 0.2) is 11.5 Å². The predicted molar refractivity (Wildman–Crippen MR) is 112 cm³/mol. The molecule has 2 fully saturated rings. The summed E-state index contributed by atoms with van der Waals surface area (Å²) in [7, 11) is 1.98. The second-order valence-corrected chi connectivity index (χ2v) is 8.29. The first-order chi connectivity index (χ1) is 14.9. The van der Waals surface area contributed by atoms with Gasteiger partial charge in [-0.15, -0.1) is 0 Å². The SMILES string of the molecule is Cc1cn2cc(NC(=O)c3cnc(N4C[C@@H](F)[C@@H](N(C)C5CC5)C4)cn3)cc(F)c2n1. The highest BCUT2D eigenvalue weighted by molar-refractivity contribution is 6.02. The average Bonchev–Trinajstić information content (AvgIpc) is 3.42. The van der Waals surface area contributed by atoms with Crippen molar-refractivity contribution in [3.63, 3.8) is 0 Å². The molecular formula is C21H23F2N7O. The van der Waals surface area contributed by atoms with Crippen molar-refractivity contribution < 1.29 is 13.6 Å². The van der Waals surface area contributed by atoms with E-state index < -0.39 is 17.9 Å². The van der Waals surface area contributed by atoms with Crippen LogP contribution in [0.25, 0.3) is 5.65 Å². The number of carbonyl (C=O) groups is 1. The molecular weight excluding hydrogens is 404 g/mol. The third-order valence-corrected chi connectivity index (χ3v) is 5.95. The number of carbonyl (C=O) groups excluding carboxylic acids is 1. The molecule has 1 N–H and O–H groups in total. The topological polar surface area (TPSA) is 78.7 Å². The third-order valence-electron chi connectivity index (χ3n) is 5.95. The van der Waals surface area contributed by atoms with Gasteiger partial charge < -0.3 is 14.6 Å². The number of hydrogen-bond acceptors (Lipinski definition) is 6. The summed E-state index contributed by atoms with van der Waals surface area (Å²) in [5.41, 5.74) is 1.24. The van der Waals surface area contributed by atoms with Gasteiger partial charge in [0.1, 0.15) is 17.7 Å². The average molecular weight is 427 g/mol. The molecule has 2 aliphatic rings. The van der Waals surface area contributed by atoms with E-state index in [1.165, 1.54) is 22.9 Å². The number of imidazole rings is 1. The van der Waals surface area contributed by atoms with Crippen LogP contribution < -0.4 is 10.2 Å². The molecule has 162 valence electrons. The maximum absolute atomic E-state index is 14.5. The number of aryl methyl sites for hydroxylation is 1. The molecule has 3 aromatic rings. The van der Waals surface area contributed by atoms with E-state index in [9.17, 15) is 13.6 Å². The van der Waals surface area contributed by atoms with Gasteiger partial charge >= 0.3 is 0 Å². The van der Waals surface area contributed by atoms with E-state index in [0.29, 0.717) is 24.1 Å². The van der Waals surface area contributed by atoms with Gasteiger partial charge in [0.05, 0.1) is 36.4 Å². The lowest BCUT2D eigenvalue weighted by Gasteiger charge is -2.25. The summed E-state index contributed by atoms with van der Waals surface area (Å²) in [6.45, 7) is 2.56. The second kappa shape index (κ2) is 7.52. The number of fused-ring (bicyclic) bond motifs is 1. The van der Waals surface area contributed by atoms with Crippen LogP contribution in [0.5, 0.6) is 0 Å². The molecule has 1 saturated heterocycles. The number of halogens is 2. The normalized spacial score (nSPS) is 21.3. The number of nitrogens with zero attached hydrogens (tertiary/aromatic N) is 6. The van der Waals surface area contributed by atoms with Crippen molar-refractivity contribution in [2.24, 2.45) is 0 Å². The van der Waals surface area contributed by atoms with Crippen molar-refractivity contribution >= 4 is 23.1 Å². The quantitative estimate of drug-likeness (QED) is 0.674. The van der Waals surface area contributed by atoms with Crippen molar-refractivity contribution in [3.8, 4) is 0 Å². The molecule has 31 heavy (non-hydrogen) atoms. The lowest BCUT2D eigenvalue weighted by Crippen LogP contribution is -2.40. The van der Waals surface area contributed by atoms with Crippen molar-refractivity contribution in [1.82, 2.24) is 24.3 Å². The number of likely N-dealkylation sites (N-methyl/N-ethyl adjacent to an activating group) is 1. The Morgan fingerprint density at radius 2 is 2.03 bits per heavy atom. The summed E-state index contributed by atoms with van der Waals surface area (Å²) in [5, 5.41) is 2.63. The molecule has 1 amide bonds. The Morgan fingerprint density at radius 1 is 1.23 bits per heavy atom. The van der Waals surface area contributed by atoms with Gasteiger partial charge in [-0.1, -0.05) is 0 Å². The maximum Gasteiger partial charge on any atom is 0.275 e. The molecule has 1 aliphatic carbocycles. The van der Waals surface area contributed by atoms with E-state index >= 15 is 0 Å². The van der Waals surface area contributed by atoms with Gasteiger partial charge in [0, 0.05) is 31.0 Å². The Morgan fingerprint density at radius 3 is 2.74 bits per heavy atom. The monoisotopic (exact) mass is 427 g/mol. The highest BCUT2D eigenvalue weighted by atomic mass is 19.1. The van der Waals surface area contributed by atoms with Crippen LogP contribution in [-0.4, -0.2) is 68.6 Å². The summed E-state index contributed by atoms with van der Waals surface area (Å²) >= 11 is 0. The number of rotatable bonds is 5. The van der Waals surface area contributed by atoms with Crippen molar-refractivity contribution in [2.45, 2.75) is 38.0 Å². The van der Waals surface area contributed by atoms with Crippen molar-refractivity contribution in [2.75, 3.05) is 30.4 Å². The van der Waals surface area contributed by atoms with Gasteiger partial charge in [-0.2, -0.15) is 0 Å². The summed E-state index contributed by atoms with van der Waals surface area (Å²) in [4.78, 5) is 29.1. The number of pyridine rings is 1. The van der Waals surface area contributed by atoms with Crippen molar-refractivity contribution in [3.05, 3.63) is 48.1 Å². The molecule has 0 bridgehead atoms. The van der Waals surface area contributed by atoms with Crippen LogP contribution >= 0.6 is 0 Å². The molecule has 1 saturated carbocycles. The van der Waals surface area contributed by atoms with Crippen LogP contribution in [0.3, 0.4) is 0 Å². The van der Waals surface area contributed by atoms with E-state index in [2.05, 4.69) is 25.2 Å². The molecule has 0 spiro atoms. The first-order valence-electron chi connectivity index (χ1n) is 10.3. The molecule has 0 radical (unpaired) electrons. The number of hydrogen-bond donors (Lipinski definition) is 1. The highest BCUT2D eigenvalue weighted by Crippen LogP contribution is 2.32. The number of alkyl halides is 1. The van der Waals surface area contributed by atoms with Gasteiger partial charge in [-0.05, 0) is 26.8 Å². The summed E-state index contributed by atoms with van der Waals surface area (Å²) < 4.78 is 30.3. The zero-order valence-electron chi connectivity index (χ0n) is 17.3. The van der Waals surface area contributed by atoms with Crippen LogP contribution in [0.1, 0.15) is 29.0 Å². The Bertz CT molecular complexity index is 1130. The Balaban J connectivity index is 1.27. The molecule has 2 atom stereocenters. The lowest BCUT2D eigenvalue weighted by molar-refractivity contribution is 0.102. The maximum atomic E-state index is 14.5. The Hall–Kier alpha value is -3.14. The molecule has 4 heterocycles. The zero-order valence-corrected chi connectivity index (χ0v) is 17.3. The Labute approximate surface area is 177 Å². The van der Waals surface area contributed by atoms with Gasteiger partial charge in [0.25, 0.3) is 5.91 Å². The van der Waals surface area contributed by atoms with E-state index in [0.717, 1.165) is 12.8 Å². The fraction of sp³-hybridized carbons (Fsp3) is 0.429.